The Morgan fingerprint density at radius 3 is 2.79 bits per heavy atom. The molecule has 0 spiro atoms. The van der Waals surface area contributed by atoms with Crippen molar-refractivity contribution in [2.45, 2.75) is 0 Å². The van der Waals surface area contributed by atoms with Gasteiger partial charge in [-0.05, 0) is 12.1 Å². The van der Waals surface area contributed by atoms with Crippen molar-refractivity contribution in [3.63, 3.8) is 0 Å². The van der Waals surface area contributed by atoms with Gasteiger partial charge in [-0.15, -0.1) is 0 Å². The third-order valence-corrected chi connectivity index (χ3v) is 2.84. The molecule has 4 nitrogen and oxygen atoms in total. The van der Waals surface area contributed by atoms with Gasteiger partial charge in [0, 0.05) is 24.3 Å². The molecule has 14 heavy (non-hydrogen) atoms. The molecule has 0 aromatic carbocycles. The number of anilines is 1. The van der Waals surface area contributed by atoms with Crippen molar-refractivity contribution >= 4 is 23.4 Å². The number of pyridine rings is 1. The molecule has 0 saturated heterocycles. The van der Waals surface area contributed by atoms with Crippen molar-refractivity contribution in [1.29, 1.82) is 0 Å². The Morgan fingerprint density at radius 1 is 1.50 bits per heavy atom. The molecule has 0 aliphatic carbocycles. The lowest BCUT2D eigenvalue weighted by molar-refractivity contribution is -0.131. The van der Waals surface area contributed by atoms with Crippen LogP contribution in [0.15, 0.2) is 35.6 Å². The number of aliphatic carboxylic acids is 1. The van der Waals surface area contributed by atoms with E-state index in [2.05, 4.69) is 4.98 Å². The molecule has 2 heterocycles. The number of carboxylic acids is 1. The molecule has 0 unspecified atom stereocenters. The monoisotopic (exact) mass is 208 g/mol. The Balaban J connectivity index is 2.20. The summed E-state index contributed by atoms with van der Waals surface area (Å²) in [5, 5.41) is 8.75. The summed E-state index contributed by atoms with van der Waals surface area (Å²) < 4.78 is 0. The lowest BCUT2D eigenvalue weighted by atomic mass is 10.4. The number of thioether (sulfide) groups is 1. The molecular formula is C9H8N2O2S. The van der Waals surface area contributed by atoms with Gasteiger partial charge in [-0.2, -0.15) is 0 Å². The summed E-state index contributed by atoms with van der Waals surface area (Å²) in [5.41, 5.74) is 0.962. The molecule has 0 fully saturated rings. The van der Waals surface area contributed by atoms with Crippen LogP contribution in [0.3, 0.4) is 0 Å². The summed E-state index contributed by atoms with van der Waals surface area (Å²) in [6.07, 6.45) is 5.02. The summed E-state index contributed by atoms with van der Waals surface area (Å²) in [7, 11) is 0. The van der Waals surface area contributed by atoms with Crippen LogP contribution in [0, 0.1) is 0 Å². The predicted octanol–water partition coefficient (Wildman–Crippen LogP) is 1.52. The maximum atomic E-state index is 10.7. The molecular weight excluding hydrogens is 200 g/mol. The molecule has 72 valence electrons. The highest BCUT2D eigenvalue weighted by atomic mass is 32.2. The molecule has 1 aliphatic rings. The third kappa shape index (κ3) is 1.72. The summed E-state index contributed by atoms with van der Waals surface area (Å²) in [6.45, 7) is 0. The maximum absolute atomic E-state index is 10.7. The highest BCUT2D eigenvalue weighted by molar-refractivity contribution is 8.04. The van der Waals surface area contributed by atoms with E-state index in [4.69, 9.17) is 5.11 Å². The van der Waals surface area contributed by atoms with Gasteiger partial charge < -0.3 is 10.0 Å². The zero-order chi connectivity index (χ0) is 9.97. The van der Waals surface area contributed by atoms with E-state index in [1.165, 1.54) is 11.8 Å². The average Bonchev–Trinajstić information content (AvgIpc) is 2.68. The number of aromatic nitrogens is 1. The Kier molecular flexibility index (Phi) is 2.41. The minimum atomic E-state index is -0.869. The number of carboxylic acid groups (broad SMARTS) is 1. The first-order chi connectivity index (χ1) is 6.77. The van der Waals surface area contributed by atoms with Crippen molar-refractivity contribution in [3.05, 3.63) is 35.6 Å². The lowest BCUT2D eigenvalue weighted by Crippen LogP contribution is -2.10. The van der Waals surface area contributed by atoms with Gasteiger partial charge in [0.15, 0.2) is 0 Å². The quantitative estimate of drug-likeness (QED) is 0.798. The summed E-state index contributed by atoms with van der Waals surface area (Å²) >= 11 is 1.32. The number of rotatable bonds is 2. The number of nitrogens with zero attached hydrogens (tertiary/aromatic N) is 2. The number of hydrogen-bond donors (Lipinski definition) is 1. The molecule has 0 atom stereocenters. The van der Waals surface area contributed by atoms with Crippen LogP contribution in [0.25, 0.3) is 0 Å². The summed E-state index contributed by atoms with van der Waals surface area (Å²) in [4.78, 5) is 16.8. The maximum Gasteiger partial charge on any atom is 0.343 e. The molecule has 0 saturated carbocycles. The second-order valence-corrected chi connectivity index (χ2v) is 3.73. The topological polar surface area (TPSA) is 53.4 Å². The Bertz CT molecular complexity index is 378. The molecule has 1 aromatic heterocycles. The van der Waals surface area contributed by atoms with Gasteiger partial charge >= 0.3 is 5.97 Å². The first kappa shape index (κ1) is 9.08. The van der Waals surface area contributed by atoms with Gasteiger partial charge in [0.2, 0.25) is 0 Å². The number of carbonyl (C=O) groups is 1. The van der Waals surface area contributed by atoms with E-state index in [1.807, 2.05) is 17.0 Å². The van der Waals surface area contributed by atoms with Gasteiger partial charge in [-0.25, -0.2) is 4.79 Å². The normalized spacial score (nSPS) is 15.4. The molecule has 5 heteroatoms. The summed E-state index contributed by atoms with van der Waals surface area (Å²) in [5.74, 6) is -0.224. The fraction of sp³-hybridized carbons (Fsp3) is 0.111. The van der Waals surface area contributed by atoms with Crippen LogP contribution >= 0.6 is 11.8 Å². The van der Waals surface area contributed by atoms with Crippen LogP contribution in [-0.4, -0.2) is 21.9 Å². The average molecular weight is 208 g/mol. The molecule has 1 aromatic rings. The van der Waals surface area contributed by atoms with E-state index in [9.17, 15) is 4.79 Å². The van der Waals surface area contributed by atoms with Crippen LogP contribution in [0.4, 0.5) is 5.69 Å². The van der Waals surface area contributed by atoms with E-state index in [1.54, 1.807) is 18.6 Å². The van der Waals surface area contributed by atoms with Crippen molar-refractivity contribution in [2.24, 2.45) is 0 Å². The van der Waals surface area contributed by atoms with Crippen LogP contribution in [0.5, 0.6) is 0 Å². The van der Waals surface area contributed by atoms with Crippen LogP contribution < -0.4 is 4.90 Å². The van der Waals surface area contributed by atoms with Crippen molar-refractivity contribution in [3.8, 4) is 0 Å². The van der Waals surface area contributed by atoms with Crippen LogP contribution in [0.1, 0.15) is 0 Å². The van der Waals surface area contributed by atoms with Crippen molar-refractivity contribution in [2.75, 3.05) is 10.8 Å². The van der Waals surface area contributed by atoms with Gasteiger partial charge in [0.05, 0.1) is 5.88 Å². The molecule has 1 N–H and O–H groups in total. The van der Waals surface area contributed by atoms with Gasteiger partial charge in [0.25, 0.3) is 0 Å². The van der Waals surface area contributed by atoms with Crippen molar-refractivity contribution < 1.29 is 9.90 Å². The van der Waals surface area contributed by atoms with Crippen LogP contribution in [0.2, 0.25) is 0 Å². The fourth-order valence-corrected chi connectivity index (χ4v) is 1.98. The second-order valence-electron chi connectivity index (χ2n) is 2.75. The standard InChI is InChI=1S/C9H8N2O2S/c12-9(13)8-5-11(6-14-8)7-1-3-10-4-2-7/h1-5H,6H2,(H,12,13). The lowest BCUT2D eigenvalue weighted by Gasteiger charge is -2.12. The van der Waals surface area contributed by atoms with Crippen LogP contribution in [-0.2, 0) is 4.79 Å². The fourth-order valence-electron chi connectivity index (χ4n) is 1.16. The predicted molar refractivity (Wildman–Crippen MR) is 54.9 cm³/mol. The summed E-state index contributed by atoms with van der Waals surface area (Å²) in [6, 6.07) is 3.70. The largest absolute Gasteiger partial charge is 0.477 e. The first-order valence-corrected chi connectivity index (χ1v) is 5.00. The molecule has 0 bridgehead atoms. The molecule has 1 aliphatic heterocycles. The Hall–Kier alpha value is -1.49. The molecule has 2 rings (SSSR count). The minimum absolute atomic E-state index is 0.377. The molecule has 0 amide bonds. The Labute approximate surface area is 85.3 Å². The van der Waals surface area contributed by atoms with E-state index in [0.29, 0.717) is 10.8 Å². The highest BCUT2D eigenvalue weighted by Gasteiger charge is 2.19. The molecule has 0 radical (unpaired) electrons. The van der Waals surface area contributed by atoms with E-state index in [0.717, 1.165) is 5.69 Å². The third-order valence-electron chi connectivity index (χ3n) is 1.84. The zero-order valence-corrected chi connectivity index (χ0v) is 8.07. The number of hydrogen-bond acceptors (Lipinski definition) is 4. The first-order valence-electron chi connectivity index (χ1n) is 4.02. The van der Waals surface area contributed by atoms with E-state index in [-0.39, 0.29) is 0 Å². The van der Waals surface area contributed by atoms with Crippen molar-refractivity contribution in [1.82, 2.24) is 4.98 Å². The van der Waals surface area contributed by atoms with E-state index >= 15 is 0 Å². The van der Waals surface area contributed by atoms with Gasteiger partial charge in [-0.3, -0.25) is 4.98 Å². The SMILES string of the molecule is O=C(O)C1=CN(c2ccncc2)CS1. The van der Waals surface area contributed by atoms with Gasteiger partial charge in [0.1, 0.15) is 4.91 Å². The highest BCUT2D eigenvalue weighted by Crippen LogP contribution is 2.29. The van der Waals surface area contributed by atoms with E-state index < -0.39 is 5.97 Å². The Morgan fingerprint density at radius 2 is 2.21 bits per heavy atom. The smallest absolute Gasteiger partial charge is 0.343 e. The zero-order valence-electron chi connectivity index (χ0n) is 7.25. The minimum Gasteiger partial charge on any atom is -0.477 e. The second kappa shape index (κ2) is 3.71. The van der Waals surface area contributed by atoms with Gasteiger partial charge in [-0.1, -0.05) is 11.8 Å².